The average molecular weight is 446 g/mol. The highest BCUT2D eigenvalue weighted by molar-refractivity contribution is 14.1. The number of halogens is 2. The number of alkyl halides is 1. The Labute approximate surface area is 153 Å². The zero-order valence-electron chi connectivity index (χ0n) is 12.7. The SMILES string of the molecule is CO[C@H]1C[C@H]2C(=C[C@@H]1Cl)[C@H]1CN2Cc2c1cc1c(c2I)OCO1. The molecule has 0 N–H and O–H groups in total. The molecule has 3 aliphatic heterocycles. The van der Waals surface area contributed by atoms with Crippen molar-refractivity contribution in [3.63, 3.8) is 0 Å². The van der Waals surface area contributed by atoms with Crippen LogP contribution in [0.5, 0.6) is 11.5 Å². The molecule has 0 spiro atoms. The van der Waals surface area contributed by atoms with Crippen molar-refractivity contribution in [3.8, 4) is 11.5 Å². The summed E-state index contributed by atoms with van der Waals surface area (Å²) in [4.78, 5) is 2.57. The van der Waals surface area contributed by atoms with E-state index < -0.39 is 0 Å². The van der Waals surface area contributed by atoms with Crippen molar-refractivity contribution in [1.29, 1.82) is 0 Å². The van der Waals surface area contributed by atoms with E-state index in [0.717, 1.165) is 31.0 Å². The van der Waals surface area contributed by atoms with Gasteiger partial charge in [0, 0.05) is 32.2 Å². The lowest BCUT2D eigenvalue weighted by atomic mass is 9.83. The van der Waals surface area contributed by atoms with Crippen molar-refractivity contribution in [2.45, 2.75) is 36.4 Å². The fraction of sp³-hybridized carbons (Fsp3) is 0.529. The van der Waals surface area contributed by atoms with E-state index in [0.29, 0.717) is 18.8 Å². The molecule has 0 amide bonds. The van der Waals surface area contributed by atoms with Crippen molar-refractivity contribution in [2.24, 2.45) is 0 Å². The number of methoxy groups -OCH3 is 1. The van der Waals surface area contributed by atoms with Crippen LogP contribution in [0.2, 0.25) is 0 Å². The van der Waals surface area contributed by atoms with Gasteiger partial charge in [-0.3, -0.25) is 4.90 Å². The third-order valence-electron chi connectivity index (χ3n) is 5.59. The lowest BCUT2D eigenvalue weighted by Crippen LogP contribution is -2.39. The van der Waals surface area contributed by atoms with Gasteiger partial charge in [0.25, 0.3) is 0 Å². The van der Waals surface area contributed by atoms with Crippen LogP contribution < -0.4 is 9.47 Å². The van der Waals surface area contributed by atoms with Gasteiger partial charge in [0.1, 0.15) is 0 Å². The Morgan fingerprint density at radius 2 is 2.26 bits per heavy atom. The molecule has 23 heavy (non-hydrogen) atoms. The summed E-state index contributed by atoms with van der Waals surface area (Å²) in [6.45, 7) is 2.36. The van der Waals surface area contributed by atoms with E-state index in [-0.39, 0.29) is 11.5 Å². The van der Waals surface area contributed by atoms with E-state index in [2.05, 4.69) is 39.6 Å². The Hall–Kier alpha value is -0.500. The van der Waals surface area contributed by atoms with Gasteiger partial charge in [0.2, 0.25) is 6.79 Å². The Morgan fingerprint density at radius 1 is 1.39 bits per heavy atom. The molecule has 6 heteroatoms. The van der Waals surface area contributed by atoms with Gasteiger partial charge < -0.3 is 14.2 Å². The number of hydrogen-bond acceptors (Lipinski definition) is 4. The van der Waals surface area contributed by atoms with E-state index in [9.17, 15) is 0 Å². The van der Waals surface area contributed by atoms with Gasteiger partial charge in [-0.05, 0) is 51.8 Å². The number of nitrogens with zero attached hydrogens (tertiary/aromatic N) is 1. The van der Waals surface area contributed by atoms with Crippen molar-refractivity contribution < 1.29 is 14.2 Å². The van der Waals surface area contributed by atoms with Gasteiger partial charge in [-0.1, -0.05) is 6.08 Å². The maximum absolute atomic E-state index is 6.53. The highest BCUT2D eigenvalue weighted by atomic mass is 127. The molecule has 3 heterocycles. The fourth-order valence-corrected chi connectivity index (χ4v) is 5.73. The second-order valence-electron chi connectivity index (χ2n) is 6.61. The van der Waals surface area contributed by atoms with Gasteiger partial charge in [0.15, 0.2) is 11.5 Å². The predicted octanol–water partition coefficient (Wildman–Crippen LogP) is 3.25. The van der Waals surface area contributed by atoms with E-state index in [1.54, 1.807) is 7.11 Å². The lowest BCUT2D eigenvalue weighted by Gasteiger charge is -2.33. The molecular weight excluding hydrogens is 429 g/mol. The summed E-state index contributed by atoms with van der Waals surface area (Å²) < 4.78 is 18.1. The Bertz CT molecular complexity index is 722. The zero-order chi connectivity index (χ0) is 15.7. The second-order valence-corrected chi connectivity index (χ2v) is 8.19. The summed E-state index contributed by atoms with van der Waals surface area (Å²) in [5, 5.41) is -0.0386. The van der Waals surface area contributed by atoms with E-state index in [1.807, 2.05) is 0 Å². The molecule has 5 atom stereocenters. The lowest BCUT2D eigenvalue weighted by molar-refractivity contribution is 0.0723. The summed E-state index contributed by atoms with van der Waals surface area (Å²) in [5.74, 6) is 2.22. The Morgan fingerprint density at radius 3 is 3.09 bits per heavy atom. The van der Waals surface area contributed by atoms with Crippen LogP contribution in [0.4, 0.5) is 0 Å². The van der Waals surface area contributed by atoms with Crippen molar-refractivity contribution in [3.05, 3.63) is 32.4 Å². The largest absolute Gasteiger partial charge is 0.454 e. The molecule has 1 saturated heterocycles. The van der Waals surface area contributed by atoms with Crippen LogP contribution in [0.15, 0.2) is 17.7 Å². The van der Waals surface area contributed by atoms with Crippen LogP contribution in [0, 0.1) is 3.57 Å². The summed E-state index contributed by atoms with van der Waals surface area (Å²) >= 11 is 8.93. The van der Waals surface area contributed by atoms with Crippen molar-refractivity contribution in [1.82, 2.24) is 4.90 Å². The number of benzene rings is 1. The van der Waals surface area contributed by atoms with Gasteiger partial charge in [-0.25, -0.2) is 0 Å². The quantitative estimate of drug-likeness (QED) is 0.377. The zero-order valence-corrected chi connectivity index (χ0v) is 15.6. The first kappa shape index (κ1) is 14.8. The standard InChI is InChI=1S/C17H17ClINO3/c1-21-14-4-13-9(2-12(14)18)10-5-20(13)6-11-8(10)3-15-17(16(11)19)23-7-22-15/h2-3,10,12-14H,4-7H2,1H3/t10-,12-,13-,14-/m0/s1. The molecule has 1 aliphatic carbocycles. The number of rotatable bonds is 1. The number of fused-ring (bicyclic) bond motifs is 8. The minimum atomic E-state index is -0.0386. The van der Waals surface area contributed by atoms with Gasteiger partial charge in [-0.2, -0.15) is 0 Å². The van der Waals surface area contributed by atoms with Crippen LogP contribution >= 0.6 is 34.2 Å². The highest BCUT2D eigenvalue weighted by Crippen LogP contribution is 2.52. The summed E-state index contributed by atoms with van der Waals surface area (Å²) in [6.07, 6.45) is 3.31. The molecule has 0 radical (unpaired) electrons. The van der Waals surface area contributed by atoms with Crippen LogP contribution in [0.1, 0.15) is 23.5 Å². The van der Waals surface area contributed by atoms with E-state index in [1.165, 1.54) is 20.3 Å². The maximum Gasteiger partial charge on any atom is 0.231 e. The van der Waals surface area contributed by atoms with Crippen molar-refractivity contribution >= 4 is 34.2 Å². The molecular formula is C17H17ClINO3. The molecule has 5 rings (SSSR count). The molecule has 1 aromatic rings. The van der Waals surface area contributed by atoms with Crippen molar-refractivity contribution in [2.75, 3.05) is 20.4 Å². The summed E-state index contributed by atoms with van der Waals surface area (Å²) in [7, 11) is 1.76. The third-order valence-corrected chi connectivity index (χ3v) is 7.14. The molecule has 122 valence electrons. The molecule has 0 aromatic heterocycles. The normalized spacial score (nSPS) is 36.5. The summed E-state index contributed by atoms with van der Waals surface area (Å²) in [5.41, 5.74) is 4.25. The fourth-order valence-electron chi connectivity index (χ4n) is 4.48. The first-order valence-corrected chi connectivity index (χ1v) is 9.42. The monoisotopic (exact) mass is 445 g/mol. The first-order chi connectivity index (χ1) is 11.2. The van der Waals surface area contributed by atoms with Crippen LogP contribution in [-0.2, 0) is 11.3 Å². The van der Waals surface area contributed by atoms with Crippen LogP contribution in [0.3, 0.4) is 0 Å². The van der Waals surface area contributed by atoms with E-state index >= 15 is 0 Å². The smallest absolute Gasteiger partial charge is 0.231 e. The molecule has 1 aromatic carbocycles. The predicted molar refractivity (Wildman–Crippen MR) is 95.4 cm³/mol. The molecule has 1 unspecified atom stereocenters. The third kappa shape index (κ3) is 2.03. The average Bonchev–Trinajstić information content (AvgIpc) is 3.12. The second kappa shape index (κ2) is 5.25. The van der Waals surface area contributed by atoms with Gasteiger partial charge in [-0.15, -0.1) is 11.6 Å². The van der Waals surface area contributed by atoms with Gasteiger partial charge in [0.05, 0.1) is 15.1 Å². The molecule has 2 bridgehead atoms. The molecule has 1 fully saturated rings. The Kier molecular flexibility index (Phi) is 3.38. The minimum Gasteiger partial charge on any atom is -0.454 e. The van der Waals surface area contributed by atoms with E-state index in [4.69, 9.17) is 25.8 Å². The number of hydrogen-bond donors (Lipinski definition) is 0. The Balaban J connectivity index is 1.63. The molecule has 4 aliphatic rings. The highest BCUT2D eigenvalue weighted by Gasteiger charge is 2.47. The first-order valence-electron chi connectivity index (χ1n) is 7.90. The number of ether oxygens (including phenoxy) is 3. The van der Waals surface area contributed by atoms with Gasteiger partial charge >= 0.3 is 0 Å². The maximum atomic E-state index is 6.53. The molecule has 4 nitrogen and oxygen atoms in total. The molecule has 0 saturated carbocycles. The summed E-state index contributed by atoms with van der Waals surface area (Å²) in [6, 6.07) is 2.64. The minimum absolute atomic E-state index is 0.0386. The van der Waals surface area contributed by atoms with Crippen LogP contribution in [-0.4, -0.2) is 42.9 Å². The van der Waals surface area contributed by atoms with Crippen LogP contribution in [0.25, 0.3) is 0 Å². The topological polar surface area (TPSA) is 30.9 Å².